The van der Waals surface area contributed by atoms with Crippen LogP contribution >= 0.6 is 0 Å². The average Bonchev–Trinajstić information content (AvgIpc) is 3.07. The van der Waals surface area contributed by atoms with Gasteiger partial charge in [0.05, 0.1) is 6.61 Å². The third-order valence-corrected chi connectivity index (χ3v) is 8.64. The molecule has 0 saturated heterocycles. The molecule has 1 atom stereocenters. The van der Waals surface area contributed by atoms with Gasteiger partial charge in [0.2, 0.25) is 0 Å². The number of nitrogens with one attached hydrogen (secondary N) is 1. The van der Waals surface area contributed by atoms with Crippen LogP contribution < -0.4 is 10.1 Å². The van der Waals surface area contributed by atoms with Crippen molar-refractivity contribution in [3.8, 4) is 28.3 Å². The van der Waals surface area contributed by atoms with Crippen LogP contribution in [-0.4, -0.2) is 39.6 Å². The second kappa shape index (κ2) is 14.8. The fraction of sp³-hybridized carbons (Fsp3) is 0.351. The molecule has 1 aromatic heterocycles. The number of hydrogen-bond donors (Lipinski definition) is 2. The number of nitrogens with zero attached hydrogens (tertiary/aromatic N) is 2. The minimum Gasteiger partial charge on any atom is -0.494 e. The van der Waals surface area contributed by atoms with Crippen LogP contribution in [0.5, 0.6) is 5.75 Å². The van der Waals surface area contributed by atoms with Crippen LogP contribution in [0.2, 0.25) is 0 Å². The quantitative estimate of drug-likeness (QED) is 0.175. The summed E-state index contributed by atoms with van der Waals surface area (Å²) in [5.41, 5.74) is 5.48. The van der Waals surface area contributed by atoms with Gasteiger partial charge in [-0.3, -0.25) is 4.79 Å². The highest BCUT2D eigenvalue weighted by molar-refractivity contribution is 5.96. The molecule has 7 heteroatoms. The molecule has 3 aromatic carbocycles. The lowest BCUT2D eigenvalue weighted by Crippen LogP contribution is -2.42. The number of amides is 1. The van der Waals surface area contributed by atoms with E-state index in [4.69, 9.17) is 4.74 Å². The molecule has 5 rings (SSSR count). The highest BCUT2D eigenvalue weighted by Gasteiger charge is 2.22. The van der Waals surface area contributed by atoms with E-state index >= 15 is 0 Å². The van der Waals surface area contributed by atoms with Crippen LogP contribution in [0.4, 0.5) is 0 Å². The van der Waals surface area contributed by atoms with Gasteiger partial charge >= 0.3 is 5.97 Å². The van der Waals surface area contributed by atoms with Gasteiger partial charge in [0.15, 0.2) is 5.82 Å². The van der Waals surface area contributed by atoms with E-state index in [1.165, 1.54) is 37.7 Å². The summed E-state index contributed by atoms with van der Waals surface area (Å²) in [6, 6.07) is 21.9. The Bertz CT molecular complexity index is 1510. The number of carbonyl (C=O) groups excluding carboxylic acids is 1. The maximum absolute atomic E-state index is 12.7. The molecule has 1 amide bonds. The van der Waals surface area contributed by atoms with Crippen molar-refractivity contribution in [3.63, 3.8) is 0 Å². The molecule has 0 unspecified atom stereocenters. The maximum Gasteiger partial charge on any atom is 0.326 e. The lowest BCUT2D eigenvalue weighted by atomic mass is 9.78. The SMILES string of the molecule is CCCOc1ccc(C(=O)N[C@@H](Cc2ccc(-c3ncc(-c4ccc([C@H]5CC[C@H](CC)CC5)cc4)cn3)cc2)C(=O)O)cc1. The Hall–Kier alpha value is -4.52. The molecule has 1 aliphatic carbocycles. The summed E-state index contributed by atoms with van der Waals surface area (Å²) in [6.07, 6.45) is 11.2. The zero-order valence-electron chi connectivity index (χ0n) is 25.5. The Morgan fingerprint density at radius 1 is 0.841 bits per heavy atom. The zero-order valence-corrected chi connectivity index (χ0v) is 25.5. The third-order valence-electron chi connectivity index (χ3n) is 8.64. The van der Waals surface area contributed by atoms with Gasteiger partial charge in [-0.15, -0.1) is 0 Å². The fourth-order valence-electron chi connectivity index (χ4n) is 5.87. The standard InChI is InChI=1S/C37H41N3O4/c1-3-21-44-33-19-17-31(18-20-33)36(41)40-34(37(42)43)22-26-7-11-30(12-8-26)35-38-23-32(24-39-35)29-15-13-28(14-16-29)27-9-5-25(4-2)6-10-27/h7-8,11-20,23-25,27,34H,3-6,9-10,21-22H2,1-2H3,(H,40,41)(H,42,43)/t25-,27-,34-/m0/s1. The molecule has 1 heterocycles. The predicted molar refractivity (Wildman–Crippen MR) is 173 cm³/mol. The van der Waals surface area contributed by atoms with E-state index < -0.39 is 17.9 Å². The highest BCUT2D eigenvalue weighted by atomic mass is 16.5. The van der Waals surface area contributed by atoms with E-state index in [0.29, 0.717) is 29.7 Å². The lowest BCUT2D eigenvalue weighted by molar-refractivity contribution is -0.139. The maximum atomic E-state index is 12.7. The topological polar surface area (TPSA) is 101 Å². The molecule has 7 nitrogen and oxygen atoms in total. The van der Waals surface area contributed by atoms with Gasteiger partial charge in [0.25, 0.3) is 5.91 Å². The molecule has 0 radical (unpaired) electrons. The second-order valence-corrected chi connectivity index (χ2v) is 11.7. The molecule has 228 valence electrons. The lowest BCUT2D eigenvalue weighted by Gasteiger charge is -2.28. The van der Waals surface area contributed by atoms with Gasteiger partial charge in [-0.1, -0.05) is 68.8 Å². The first-order chi connectivity index (χ1) is 21.4. The summed E-state index contributed by atoms with van der Waals surface area (Å²) in [6.45, 7) is 4.91. The van der Waals surface area contributed by atoms with Crippen LogP contribution in [-0.2, 0) is 11.2 Å². The molecule has 44 heavy (non-hydrogen) atoms. The number of carbonyl (C=O) groups is 2. The molecule has 4 aromatic rings. The van der Waals surface area contributed by atoms with Crippen molar-refractivity contribution in [2.45, 2.75) is 70.8 Å². The number of carboxylic acid groups (broad SMARTS) is 1. The van der Waals surface area contributed by atoms with Crippen LogP contribution in [0.25, 0.3) is 22.5 Å². The van der Waals surface area contributed by atoms with E-state index in [2.05, 4.69) is 46.5 Å². The minimum absolute atomic E-state index is 0.148. The van der Waals surface area contributed by atoms with Crippen molar-refractivity contribution in [1.82, 2.24) is 15.3 Å². The number of aliphatic carboxylic acids is 1. The Morgan fingerprint density at radius 2 is 1.48 bits per heavy atom. The first-order valence-electron chi connectivity index (χ1n) is 15.7. The molecule has 0 spiro atoms. The third kappa shape index (κ3) is 7.90. The predicted octanol–water partition coefficient (Wildman–Crippen LogP) is 7.71. The van der Waals surface area contributed by atoms with Crippen molar-refractivity contribution < 1.29 is 19.4 Å². The van der Waals surface area contributed by atoms with Crippen LogP contribution in [0.1, 0.15) is 79.8 Å². The van der Waals surface area contributed by atoms with Gasteiger partial charge in [-0.2, -0.15) is 0 Å². The zero-order chi connectivity index (χ0) is 30.9. The summed E-state index contributed by atoms with van der Waals surface area (Å²) >= 11 is 0. The largest absolute Gasteiger partial charge is 0.494 e. The second-order valence-electron chi connectivity index (χ2n) is 11.7. The van der Waals surface area contributed by atoms with Crippen LogP contribution in [0, 0.1) is 5.92 Å². The minimum atomic E-state index is -1.10. The smallest absolute Gasteiger partial charge is 0.326 e. The summed E-state index contributed by atoms with van der Waals surface area (Å²) in [5.74, 6) is 1.29. The Labute approximate surface area is 259 Å². The monoisotopic (exact) mass is 591 g/mol. The summed E-state index contributed by atoms with van der Waals surface area (Å²) in [4.78, 5) is 33.9. The molecule has 0 aliphatic heterocycles. The van der Waals surface area contributed by atoms with Crippen molar-refractivity contribution >= 4 is 11.9 Å². The van der Waals surface area contributed by atoms with Gasteiger partial charge < -0.3 is 15.2 Å². The van der Waals surface area contributed by atoms with E-state index in [1.54, 1.807) is 24.3 Å². The van der Waals surface area contributed by atoms with Crippen molar-refractivity contribution in [3.05, 3.63) is 102 Å². The first-order valence-corrected chi connectivity index (χ1v) is 15.7. The molecule has 1 fully saturated rings. The number of aromatic nitrogens is 2. The van der Waals surface area contributed by atoms with E-state index in [0.717, 1.165) is 34.6 Å². The molecule has 0 bridgehead atoms. The number of benzene rings is 3. The van der Waals surface area contributed by atoms with Gasteiger partial charge in [0, 0.05) is 35.5 Å². The summed E-state index contributed by atoms with van der Waals surface area (Å²) in [7, 11) is 0. The number of rotatable bonds is 12. The molecule has 1 saturated carbocycles. The van der Waals surface area contributed by atoms with E-state index in [1.807, 2.05) is 43.6 Å². The van der Waals surface area contributed by atoms with Gasteiger partial charge in [-0.25, -0.2) is 14.8 Å². The van der Waals surface area contributed by atoms with Crippen LogP contribution in [0.15, 0.2) is 85.2 Å². The Kier molecular flexibility index (Phi) is 10.4. The summed E-state index contributed by atoms with van der Waals surface area (Å²) in [5, 5.41) is 12.4. The van der Waals surface area contributed by atoms with Crippen LogP contribution in [0.3, 0.4) is 0 Å². The normalized spacial score (nSPS) is 17.0. The number of carboxylic acids is 1. The van der Waals surface area contributed by atoms with Crippen molar-refractivity contribution in [1.29, 1.82) is 0 Å². The van der Waals surface area contributed by atoms with Gasteiger partial charge in [-0.05, 0) is 84.9 Å². The number of ether oxygens (including phenoxy) is 1. The number of hydrogen-bond acceptors (Lipinski definition) is 5. The summed E-state index contributed by atoms with van der Waals surface area (Å²) < 4.78 is 5.55. The highest BCUT2D eigenvalue weighted by Crippen LogP contribution is 2.37. The molecule has 1 aliphatic rings. The molecular weight excluding hydrogens is 550 g/mol. The van der Waals surface area contributed by atoms with E-state index in [-0.39, 0.29) is 6.42 Å². The van der Waals surface area contributed by atoms with Gasteiger partial charge in [0.1, 0.15) is 11.8 Å². The fourth-order valence-corrected chi connectivity index (χ4v) is 5.87. The average molecular weight is 592 g/mol. The Morgan fingerprint density at radius 3 is 2.07 bits per heavy atom. The Balaban J connectivity index is 1.18. The van der Waals surface area contributed by atoms with Crippen molar-refractivity contribution in [2.24, 2.45) is 5.92 Å². The molecular formula is C37H41N3O4. The van der Waals surface area contributed by atoms with Crippen molar-refractivity contribution in [2.75, 3.05) is 6.61 Å². The molecule has 2 N–H and O–H groups in total. The van der Waals surface area contributed by atoms with E-state index in [9.17, 15) is 14.7 Å². The first kappa shape index (κ1) is 30.9.